The summed E-state index contributed by atoms with van der Waals surface area (Å²) in [5, 5.41) is 12.5. The largest absolute Gasteiger partial charge is 0.383 e. The number of nitriles is 1. The Morgan fingerprint density at radius 3 is 2.75 bits per heavy atom. The minimum absolute atomic E-state index is 0.382. The van der Waals surface area contributed by atoms with Crippen molar-refractivity contribution in [1.29, 1.82) is 5.26 Å². The third-order valence-electron chi connectivity index (χ3n) is 3.53. The lowest BCUT2D eigenvalue weighted by Gasteiger charge is -2.31. The van der Waals surface area contributed by atoms with Crippen LogP contribution in [0.25, 0.3) is 0 Å². The molecule has 1 unspecified atom stereocenters. The number of benzene rings is 1. The zero-order valence-electron chi connectivity index (χ0n) is 12.9. The number of hydrogen-bond acceptors (Lipinski definition) is 4. The maximum atomic E-state index is 9.41. The summed E-state index contributed by atoms with van der Waals surface area (Å²) in [7, 11) is 3.61. The van der Waals surface area contributed by atoms with Gasteiger partial charge < -0.3 is 15.0 Å². The molecule has 0 saturated heterocycles. The second-order valence-electron chi connectivity index (χ2n) is 4.94. The van der Waals surface area contributed by atoms with E-state index in [4.69, 9.17) is 4.74 Å². The summed E-state index contributed by atoms with van der Waals surface area (Å²) < 4.78 is 5.19. The molecule has 1 N–H and O–H groups in total. The zero-order valence-corrected chi connectivity index (χ0v) is 12.9. The molecule has 0 bridgehead atoms. The lowest BCUT2D eigenvalue weighted by molar-refractivity contribution is 0.203. The quantitative estimate of drug-likeness (QED) is 0.792. The molecule has 0 amide bonds. The molecule has 0 aliphatic rings. The number of nitrogens with zero attached hydrogens (tertiary/aromatic N) is 2. The monoisotopic (exact) mass is 275 g/mol. The Bertz CT molecular complexity index is 454. The third-order valence-corrected chi connectivity index (χ3v) is 3.53. The molecule has 20 heavy (non-hydrogen) atoms. The Labute approximate surface area is 122 Å². The molecule has 1 atom stereocenters. The van der Waals surface area contributed by atoms with Crippen LogP contribution in [0.5, 0.6) is 0 Å². The number of rotatable bonds is 8. The minimum atomic E-state index is 0.382. The number of hydrogen-bond donors (Lipinski definition) is 1. The molecule has 0 spiro atoms. The van der Waals surface area contributed by atoms with Gasteiger partial charge in [-0.25, -0.2) is 0 Å². The van der Waals surface area contributed by atoms with Crippen LogP contribution in [0.2, 0.25) is 0 Å². The number of nitrogens with one attached hydrogen (secondary N) is 1. The second-order valence-corrected chi connectivity index (χ2v) is 4.94. The van der Waals surface area contributed by atoms with Crippen molar-refractivity contribution in [3.63, 3.8) is 0 Å². The molecule has 0 aliphatic carbocycles. The van der Waals surface area contributed by atoms with Crippen molar-refractivity contribution in [2.24, 2.45) is 0 Å². The van der Waals surface area contributed by atoms with Crippen molar-refractivity contribution in [3.8, 4) is 6.07 Å². The van der Waals surface area contributed by atoms with Crippen molar-refractivity contribution in [1.82, 2.24) is 5.32 Å². The number of anilines is 1. The molecule has 4 heteroatoms. The average molecular weight is 275 g/mol. The summed E-state index contributed by atoms with van der Waals surface area (Å²) >= 11 is 0. The average Bonchev–Trinajstić information content (AvgIpc) is 2.48. The van der Waals surface area contributed by atoms with Gasteiger partial charge in [-0.3, -0.25) is 0 Å². The highest BCUT2D eigenvalue weighted by Crippen LogP contribution is 2.24. The molecular weight excluding hydrogens is 250 g/mol. The van der Waals surface area contributed by atoms with Gasteiger partial charge in [-0.1, -0.05) is 13.0 Å². The summed E-state index contributed by atoms with van der Waals surface area (Å²) in [4.78, 5) is 2.26. The Morgan fingerprint density at radius 1 is 1.45 bits per heavy atom. The summed E-state index contributed by atoms with van der Waals surface area (Å²) in [6.45, 7) is 6.57. The fourth-order valence-electron chi connectivity index (χ4n) is 2.23. The van der Waals surface area contributed by atoms with E-state index >= 15 is 0 Å². The standard InChI is InChI=1S/C16H25N3O/c1-5-13(2)19(8-9-20-4)16-7-6-14(12-18-3)10-15(16)11-17/h6-7,10,13,18H,5,8-9,12H2,1-4H3. The van der Waals surface area contributed by atoms with Gasteiger partial charge in [0.2, 0.25) is 0 Å². The Hall–Kier alpha value is -1.57. The van der Waals surface area contributed by atoms with E-state index < -0.39 is 0 Å². The van der Waals surface area contributed by atoms with Gasteiger partial charge in [-0.2, -0.15) is 5.26 Å². The van der Waals surface area contributed by atoms with E-state index in [0.29, 0.717) is 12.6 Å². The summed E-state index contributed by atoms with van der Waals surface area (Å²) in [5.41, 5.74) is 2.86. The molecular formula is C16H25N3O. The lowest BCUT2D eigenvalue weighted by Crippen LogP contribution is -2.36. The van der Waals surface area contributed by atoms with Gasteiger partial charge in [0.1, 0.15) is 6.07 Å². The first-order chi connectivity index (χ1) is 9.67. The van der Waals surface area contributed by atoms with Crippen LogP contribution in [0, 0.1) is 11.3 Å². The van der Waals surface area contributed by atoms with Gasteiger partial charge in [0.25, 0.3) is 0 Å². The van der Waals surface area contributed by atoms with E-state index in [1.807, 2.05) is 19.2 Å². The van der Waals surface area contributed by atoms with Crippen LogP contribution >= 0.6 is 0 Å². The first kappa shape index (κ1) is 16.5. The summed E-state index contributed by atoms with van der Waals surface area (Å²) in [5.74, 6) is 0. The summed E-state index contributed by atoms with van der Waals surface area (Å²) in [6.07, 6.45) is 1.03. The van der Waals surface area contributed by atoms with Crippen molar-refractivity contribution in [2.45, 2.75) is 32.9 Å². The van der Waals surface area contributed by atoms with E-state index in [9.17, 15) is 5.26 Å². The maximum absolute atomic E-state index is 9.41. The zero-order chi connectivity index (χ0) is 15.0. The van der Waals surface area contributed by atoms with Crippen LogP contribution in [0.4, 0.5) is 5.69 Å². The fourth-order valence-corrected chi connectivity index (χ4v) is 2.23. The Balaban J connectivity index is 3.08. The predicted molar refractivity (Wildman–Crippen MR) is 82.9 cm³/mol. The summed E-state index contributed by atoms with van der Waals surface area (Å²) in [6, 6.07) is 8.80. The molecule has 0 fully saturated rings. The van der Waals surface area contributed by atoms with E-state index in [1.165, 1.54) is 0 Å². The predicted octanol–water partition coefficient (Wildman–Crippen LogP) is 2.53. The van der Waals surface area contributed by atoms with E-state index in [1.54, 1.807) is 7.11 Å². The molecule has 0 aliphatic heterocycles. The van der Waals surface area contributed by atoms with Crippen LogP contribution in [-0.2, 0) is 11.3 Å². The lowest BCUT2D eigenvalue weighted by atomic mass is 10.1. The molecule has 0 radical (unpaired) electrons. The Kier molecular flexibility index (Phi) is 7.06. The molecule has 110 valence electrons. The van der Waals surface area contributed by atoms with Crippen molar-refractivity contribution >= 4 is 5.69 Å². The van der Waals surface area contributed by atoms with E-state index in [0.717, 1.165) is 36.3 Å². The highest BCUT2D eigenvalue weighted by Gasteiger charge is 2.16. The Morgan fingerprint density at radius 2 is 2.20 bits per heavy atom. The van der Waals surface area contributed by atoms with Crippen molar-refractivity contribution < 1.29 is 4.74 Å². The number of ether oxygens (including phenoxy) is 1. The van der Waals surface area contributed by atoms with Gasteiger partial charge in [0, 0.05) is 26.2 Å². The maximum Gasteiger partial charge on any atom is 0.101 e. The van der Waals surface area contributed by atoms with Crippen LogP contribution in [-0.4, -0.2) is 33.4 Å². The number of methoxy groups -OCH3 is 1. The van der Waals surface area contributed by atoms with Gasteiger partial charge in [-0.05, 0) is 38.1 Å². The SMILES string of the molecule is CCC(C)N(CCOC)c1ccc(CNC)cc1C#N. The second kappa shape index (κ2) is 8.57. The van der Waals surface area contributed by atoms with Crippen molar-refractivity contribution in [3.05, 3.63) is 29.3 Å². The molecule has 0 aromatic heterocycles. The minimum Gasteiger partial charge on any atom is -0.383 e. The molecule has 4 nitrogen and oxygen atoms in total. The smallest absolute Gasteiger partial charge is 0.101 e. The first-order valence-electron chi connectivity index (χ1n) is 7.11. The normalized spacial score (nSPS) is 11.9. The molecule has 0 saturated carbocycles. The van der Waals surface area contributed by atoms with Gasteiger partial charge in [0.05, 0.1) is 17.9 Å². The first-order valence-corrected chi connectivity index (χ1v) is 7.11. The van der Waals surface area contributed by atoms with E-state index in [-0.39, 0.29) is 0 Å². The highest BCUT2D eigenvalue weighted by molar-refractivity contribution is 5.61. The van der Waals surface area contributed by atoms with Crippen LogP contribution in [0.3, 0.4) is 0 Å². The van der Waals surface area contributed by atoms with Gasteiger partial charge in [-0.15, -0.1) is 0 Å². The topological polar surface area (TPSA) is 48.3 Å². The molecule has 1 rings (SSSR count). The van der Waals surface area contributed by atoms with Crippen LogP contribution in [0.15, 0.2) is 18.2 Å². The van der Waals surface area contributed by atoms with Gasteiger partial charge >= 0.3 is 0 Å². The molecule has 1 aromatic carbocycles. The van der Waals surface area contributed by atoms with E-state index in [2.05, 4.69) is 36.2 Å². The van der Waals surface area contributed by atoms with Crippen molar-refractivity contribution in [2.75, 3.05) is 32.2 Å². The van der Waals surface area contributed by atoms with Crippen LogP contribution < -0.4 is 10.2 Å². The highest BCUT2D eigenvalue weighted by atomic mass is 16.5. The molecule has 1 aromatic rings. The van der Waals surface area contributed by atoms with Crippen LogP contribution in [0.1, 0.15) is 31.4 Å². The molecule has 0 heterocycles. The van der Waals surface area contributed by atoms with Gasteiger partial charge in [0.15, 0.2) is 0 Å². The fraction of sp³-hybridized carbons (Fsp3) is 0.562. The third kappa shape index (κ3) is 4.22.